The van der Waals surface area contributed by atoms with E-state index in [1.807, 2.05) is 30.8 Å². The number of fused-ring (bicyclic) bond motifs is 1. The van der Waals surface area contributed by atoms with E-state index in [9.17, 15) is 18.0 Å². The number of carbonyl (C=O) groups is 1. The highest BCUT2D eigenvalue weighted by Crippen LogP contribution is 2.37. The highest BCUT2D eigenvalue weighted by molar-refractivity contribution is 8.19. The van der Waals surface area contributed by atoms with Gasteiger partial charge in [-0.05, 0) is 60.7 Å². The minimum atomic E-state index is -4.02. The van der Waals surface area contributed by atoms with Crippen LogP contribution in [0.5, 0.6) is 0 Å². The van der Waals surface area contributed by atoms with Gasteiger partial charge in [0, 0.05) is 30.0 Å². The van der Waals surface area contributed by atoms with Gasteiger partial charge >= 0.3 is 6.03 Å². The number of nitrogens with one attached hydrogen (secondary N) is 3. The van der Waals surface area contributed by atoms with Crippen LogP contribution in [-0.4, -0.2) is 30.8 Å². The van der Waals surface area contributed by atoms with Crippen molar-refractivity contribution >= 4 is 73.2 Å². The Labute approximate surface area is 210 Å². The van der Waals surface area contributed by atoms with Crippen LogP contribution in [0.3, 0.4) is 0 Å². The van der Waals surface area contributed by atoms with Gasteiger partial charge in [0.05, 0.1) is 15.4 Å². The van der Waals surface area contributed by atoms with Gasteiger partial charge in [0.25, 0.3) is 15.6 Å². The molecule has 2 amide bonds. The number of aromatic nitrogens is 1. The molecule has 1 aromatic heterocycles. The number of carbonyl (C=O) groups excluding carboxylic acids is 1. The summed E-state index contributed by atoms with van der Waals surface area (Å²) in [5, 5.41) is 7.07. The fourth-order valence-corrected chi connectivity index (χ4v) is 6.67. The smallest absolute Gasteiger partial charge is 0.333 e. The Morgan fingerprint density at radius 2 is 1.88 bits per heavy atom. The molecular weight excluding hydrogens is 519 g/mol. The van der Waals surface area contributed by atoms with E-state index in [4.69, 9.17) is 23.2 Å². The predicted octanol–water partition coefficient (Wildman–Crippen LogP) is 4.99. The molecule has 12 heteroatoms. The largest absolute Gasteiger partial charge is 0.388 e. The summed E-state index contributed by atoms with van der Waals surface area (Å²) in [7, 11) is -2.21. The third-order valence-corrected chi connectivity index (χ3v) is 8.87. The van der Waals surface area contributed by atoms with Crippen LogP contribution in [0.2, 0.25) is 5.02 Å². The number of anilines is 2. The molecule has 1 aliphatic rings. The van der Waals surface area contributed by atoms with Gasteiger partial charge in [-0.3, -0.25) is 9.36 Å². The van der Waals surface area contributed by atoms with Gasteiger partial charge in [-0.25, -0.2) is 17.9 Å². The molecular formula is C22H20Cl2N4O4S2. The average molecular weight is 539 g/mol. The van der Waals surface area contributed by atoms with E-state index in [1.165, 1.54) is 22.8 Å². The van der Waals surface area contributed by atoms with Crippen LogP contribution in [0.1, 0.15) is 12.0 Å². The van der Waals surface area contributed by atoms with Crippen molar-refractivity contribution in [1.29, 1.82) is 0 Å². The molecule has 0 saturated heterocycles. The summed E-state index contributed by atoms with van der Waals surface area (Å²) >= 11 is 13.3. The van der Waals surface area contributed by atoms with Crippen LogP contribution in [0.4, 0.5) is 16.2 Å². The number of urea groups is 1. The molecule has 0 spiro atoms. The van der Waals surface area contributed by atoms with E-state index in [0.717, 1.165) is 28.4 Å². The Balaban J connectivity index is 1.58. The van der Waals surface area contributed by atoms with E-state index in [1.54, 1.807) is 18.3 Å². The first-order chi connectivity index (χ1) is 16.1. The number of rotatable bonds is 5. The molecule has 2 heterocycles. The topological polar surface area (TPSA) is 109 Å². The van der Waals surface area contributed by atoms with E-state index in [2.05, 4.69) is 10.6 Å². The van der Waals surface area contributed by atoms with Gasteiger partial charge in [0.2, 0.25) is 0 Å². The van der Waals surface area contributed by atoms with Gasteiger partial charge in [-0.2, -0.15) is 0 Å². The minimum absolute atomic E-state index is 0.00363. The number of amides is 2. The van der Waals surface area contributed by atoms with Crippen LogP contribution in [-0.2, 0) is 10.0 Å². The summed E-state index contributed by atoms with van der Waals surface area (Å²) in [6.07, 6.45) is 3.56. The molecule has 1 unspecified atom stereocenters. The van der Waals surface area contributed by atoms with Crippen LogP contribution in [0, 0.1) is 6.92 Å². The maximum atomic E-state index is 13.1. The summed E-state index contributed by atoms with van der Waals surface area (Å²) < 4.78 is 27.6. The van der Waals surface area contributed by atoms with E-state index < -0.39 is 16.1 Å². The number of alkyl halides is 1. The van der Waals surface area contributed by atoms with Crippen molar-refractivity contribution in [2.45, 2.75) is 18.1 Å². The van der Waals surface area contributed by atoms with E-state index in [0.29, 0.717) is 17.5 Å². The van der Waals surface area contributed by atoms with Gasteiger partial charge in [0.1, 0.15) is 4.24 Å². The molecule has 0 radical (unpaired) electrons. The number of benzene rings is 2. The number of nitrogens with zero attached hydrogens (tertiary/aromatic N) is 1. The van der Waals surface area contributed by atoms with Crippen molar-refractivity contribution in [3.05, 3.63) is 73.8 Å². The normalized spacial score (nSPS) is 15.8. The maximum absolute atomic E-state index is 13.1. The zero-order valence-corrected chi connectivity index (χ0v) is 21.2. The predicted molar refractivity (Wildman–Crippen MR) is 140 cm³/mol. The van der Waals surface area contributed by atoms with E-state index >= 15 is 0 Å². The monoisotopic (exact) mass is 538 g/mol. The number of aryl methyl sites for hydroxylation is 1. The zero-order chi connectivity index (χ0) is 24.6. The summed E-state index contributed by atoms with van der Waals surface area (Å²) in [4.78, 5) is 25.4. The summed E-state index contributed by atoms with van der Waals surface area (Å²) in [6.45, 7) is 1.90. The zero-order valence-electron chi connectivity index (χ0n) is 18.1. The van der Waals surface area contributed by atoms with Crippen LogP contribution < -0.4 is 20.9 Å². The first-order valence-electron chi connectivity index (χ1n) is 10.1. The molecule has 2 aromatic carbocycles. The van der Waals surface area contributed by atoms with Crippen molar-refractivity contribution in [3.8, 4) is 5.69 Å². The van der Waals surface area contributed by atoms with Gasteiger partial charge in [-0.15, -0.1) is 11.6 Å². The van der Waals surface area contributed by atoms with Crippen LogP contribution >= 0.6 is 35.0 Å². The maximum Gasteiger partial charge on any atom is 0.333 e. The Morgan fingerprint density at radius 1 is 1.15 bits per heavy atom. The lowest BCUT2D eigenvalue weighted by Crippen LogP contribution is -2.34. The minimum Gasteiger partial charge on any atom is -0.388 e. The molecule has 1 atom stereocenters. The van der Waals surface area contributed by atoms with Crippen molar-refractivity contribution in [2.75, 3.05) is 17.7 Å². The summed E-state index contributed by atoms with van der Waals surface area (Å²) in [5.41, 5.74) is 2.22. The molecule has 34 heavy (non-hydrogen) atoms. The highest BCUT2D eigenvalue weighted by atomic mass is 35.5. The average Bonchev–Trinajstić information content (AvgIpc) is 3.23. The second-order valence-electron chi connectivity index (χ2n) is 7.51. The summed E-state index contributed by atoms with van der Waals surface area (Å²) in [6, 6.07) is 9.09. The number of hydrogen-bond donors (Lipinski definition) is 3. The highest BCUT2D eigenvalue weighted by Gasteiger charge is 2.28. The molecule has 3 aromatic rings. The third kappa shape index (κ3) is 4.90. The molecule has 0 saturated carbocycles. The molecule has 4 rings (SSSR count). The van der Waals surface area contributed by atoms with Crippen molar-refractivity contribution in [2.24, 2.45) is 0 Å². The Morgan fingerprint density at radius 3 is 2.53 bits per heavy atom. The second-order valence-corrected chi connectivity index (χ2v) is 11.9. The lowest BCUT2D eigenvalue weighted by molar-refractivity contribution is 0.256. The Hall–Kier alpha value is -2.66. The van der Waals surface area contributed by atoms with Gasteiger partial charge in [-0.1, -0.05) is 29.4 Å². The van der Waals surface area contributed by atoms with Crippen molar-refractivity contribution in [1.82, 2.24) is 9.29 Å². The lowest BCUT2D eigenvalue weighted by Gasteiger charge is -2.14. The molecule has 178 valence electrons. The molecule has 8 nitrogen and oxygen atoms in total. The molecule has 3 N–H and O–H groups in total. The third-order valence-electron chi connectivity index (χ3n) is 5.18. The number of sulfonamides is 1. The first-order valence-corrected chi connectivity index (χ1v) is 13.2. The summed E-state index contributed by atoms with van der Waals surface area (Å²) in [5.74, 6) is 0. The molecule has 0 bridgehead atoms. The Bertz CT molecular complexity index is 1500. The Kier molecular flexibility index (Phi) is 6.86. The second kappa shape index (κ2) is 9.53. The van der Waals surface area contributed by atoms with Gasteiger partial charge in [0.15, 0.2) is 0 Å². The number of thioether (sulfide) groups is 1. The molecule has 0 fully saturated rings. The first kappa shape index (κ1) is 24.5. The fraction of sp³-hybridized carbons (Fsp3) is 0.182. The standard InChI is InChI=1S/C22H20Cl2N4O4S2/c1-12-11-28(21(29)15-5-3-13(25-2)9-16(12)15)18-6-4-14(10-17(18)23)26-22(30)27-34(31,32)20-8-7-19(24)33-20/h3-6,8-11,19,25H,7H2,1-2H3,(H2,26,27,30). The van der Waals surface area contributed by atoms with Gasteiger partial charge < -0.3 is 10.6 Å². The SMILES string of the molecule is CNc1ccc2c(=O)n(-c3ccc(NC(=O)NS(=O)(=O)C4=CCC(Cl)S4)cc3Cl)cc(C)c2c1. The number of halogens is 2. The van der Waals surface area contributed by atoms with Crippen LogP contribution in [0.25, 0.3) is 16.5 Å². The number of allylic oxidation sites excluding steroid dienone is 1. The van der Waals surface area contributed by atoms with E-state index in [-0.39, 0.29) is 25.2 Å². The van der Waals surface area contributed by atoms with Crippen LogP contribution in [0.15, 0.2) is 57.7 Å². The number of pyridine rings is 1. The quantitative estimate of drug-likeness (QED) is 0.395. The number of hydrogen-bond acceptors (Lipinski definition) is 6. The van der Waals surface area contributed by atoms with Crippen molar-refractivity contribution in [3.63, 3.8) is 0 Å². The van der Waals surface area contributed by atoms with Crippen molar-refractivity contribution < 1.29 is 13.2 Å². The molecule has 0 aliphatic carbocycles. The molecule has 1 aliphatic heterocycles. The lowest BCUT2D eigenvalue weighted by atomic mass is 10.1. The fourth-order valence-electron chi connectivity index (χ4n) is 3.54.